The molecule has 6 aromatic rings. The average molecular weight is 641 g/mol. The van der Waals surface area contributed by atoms with Crippen LogP contribution in [0.3, 0.4) is 0 Å². The maximum Gasteiger partial charge on any atom is 4.00 e. The third kappa shape index (κ3) is 7.78. The zero-order chi connectivity index (χ0) is 23.3. The zero-order valence-corrected chi connectivity index (χ0v) is 26.7. The van der Waals surface area contributed by atoms with Crippen LogP contribution in [0.25, 0.3) is 42.4 Å². The van der Waals surface area contributed by atoms with Gasteiger partial charge in [0.2, 0.25) is 0 Å². The van der Waals surface area contributed by atoms with E-state index in [0.717, 1.165) is 0 Å². The van der Waals surface area contributed by atoms with Gasteiger partial charge in [-0.15, -0.1) is 69.1 Å². The molecule has 0 saturated heterocycles. The van der Waals surface area contributed by atoms with Gasteiger partial charge in [0.15, 0.2) is 0 Å². The van der Waals surface area contributed by atoms with Crippen LogP contribution in [0.4, 0.5) is 0 Å². The Kier molecular flexibility index (Phi) is 13.0. The van der Waals surface area contributed by atoms with E-state index in [1.807, 2.05) is 22.7 Å². The van der Waals surface area contributed by atoms with Crippen LogP contribution in [0.2, 0.25) is 0 Å². The second-order valence-corrected chi connectivity index (χ2v) is 11.1. The summed E-state index contributed by atoms with van der Waals surface area (Å²) in [6.45, 7) is 4.46. The fraction of sp³-hybridized carbons (Fsp3) is 0.188. The van der Waals surface area contributed by atoms with Crippen LogP contribution < -0.4 is 24.8 Å². The molecular formula is C32H30Cl2S2Zr. The van der Waals surface area contributed by atoms with E-state index >= 15 is 0 Å². The first-order chi connectivity index (χ1) is 16.7. The van der Waals surface area contributed by atoms with Crippen LogP contribution >= 0.6 is 22.7 Å². The van der Waals surface area contributed by atoms with E-state index in [4.69, 9.17) is 0 Å². The Morgan fingerprint density at radius 2 is 0.973 bits per heavy atom. The van der Waals surface area contributed by atoms with Gasteiger partial charge in [0.25, 0.3) is 0 Å². The summed E-state index contributed by atoms with van der Waals surface area (Å²) in [7, 11) is 0. The van der Waals surface area contributed by atoms with Gasteiger partial charge in [-0.1, -0.05) is 87.4 Å². The molecule has 2 aromatic heterocycles. The molecule has 4 aromatic carbocycles. The maximum atomic E-state index is 2.29. The SMILES string of the molecule is CCCc1ccc(-c2cc3ccccc3[cH-]2)s1.CCCc1ccc(-c2cc3ccccc3[cH-]2)s1.[Cl-].[Cl-].[Zr+4]. The van der Waals surface area contributed by atoms with Crippen LogP contribution in [-0.2, 0) is 39.0 Å². The quantitative estimate of drug-likeness (QED) is 0.236. The van der Waals surface area contributed by atoms with Crippen molar-refractivity contribution in [3.05, 3.63) is 107 Å². The smallest absolute Gasteiger partial charge is 1.00 e. The number of benzene rings is 2. The van der Waals surface area contributed by atoms with E-state index in [9.17, 15) is 0 Å². The second-order valence-electron chi connectivity index (χ2n) is 8.78. The molecular weight excluding hydrogens is 611 g/mol. The minimum Gasteiger partial charge on any atom is -1.00 e. The summed E-state index contributed by atoms with van der Waals surface area (Å²) in [6.07, 6.45) is 4.85. The standard InChI is InChI=1S/2C16H15S.2ClH.Zr/c2*1-2-5-15-8-9-16(17-15)14-10-12-6-3-4-7-13(12)11-14;;;/h2*3-4,6-11H,2,5H2,1H3;2*1H;/q2*-1;;;+4/p-2. The molecule has 0 radical (unpaired) electrons. The molecule has 0 aliphatic carbocycles. The van der Waals surface area contributed by atoms with E-state index in [1.165, 1.54) is 77.9 Å². The molecule has 6 rings (SSSR count). The van der Waals surface area contributed by atoms with E-state index in [0.29, 0.717) is 0 Å². The molecule has 0 unspecified atom stereocenters. The topological polar surface area (TPSA) is 0 Å². The van der Waals surface area contributed by atoms with Crippen LogP contribution in [0.5, 0.6) is 0 Å². The Bertz CT molecular complexity index is 1320. The van der Waals surface area contributed by atoms with Crippen molar-refractivity contribution < 1.29 is 51.0 Å². The monoisotopic (exact) mass is 638 g/mol. The number of fused-ring (bicyclic) bond motifs is 2. The molecule has 37 heavy (non-hydrogen) atoms. The zero-order valence-electron chi connectivity index (χ0n) is 21.1. The van der Waals surface area contributed by atoms with Gasteiger partial charge in [0.05, 0.1) is 0 Å². The van der Waals surface area contributed by atoms with Gasteiger partial charge in [-0.2, -0.15) is 22.7 Å². The summed E-state index contributed by atoms with van der Waals surface area (Å²) in [5, 5.41) is 5.36. The Labute approximate surface area is 260 Å². The number of hydrogen-bond donors (Lipinski definition) is 0. The molecule has 0 fully saturated rings. The summed E-state index contributed by atoms with van der Waals surface area (Å²) in [4.78, 5) is 5.77. The number of halogens is 2. The molecule has 188 valence electrons. The molecule has 0 aliphatic heterocycles. The third-order valence-corrected chi connectivity index (χ3v) is 8.51. The van der Waals surface area contributed by atoms with Gasteiger partial charge in [-0.05, 0) is 32.4 Å². The molecule has 0 bridgehead atoms. The van der Waals surface area contributed by atoms with E-state index in [1.54, 1.807) is 0 Å². The van der Waals surface area contributed by atoms with Gasteiger partial charge < -0.3 is 24.8 Å². The van der Waals surface area contributed by atoms with Crippen molar-refractivity contribution in [1.29, 1.82) is 0 Å². The maximum absolute atomic E-state index is 2.29. The van der Waals surface area contributed by atoms with Gasteiger partial charge in [0.1, 0.15) is 0 Å². The minimum atomic E-state index is 0. The predicted molar refractivity (Wildman–Crippen MR) is 154 cm³/mol. The van der Waals surface area contributed by atoms with Crippen molar-refractivity contribution in [2.45, 2.75) is 39.5 Å². The van der Waals surface area contributed by atoms with Gasteiger partial charge in [-0.3, -0.25) is 0 Å². The molecule has 0 N–H and O–H groups in total. The third-order valence-electron chi connectivity index (χ3n) is 6.12. The van der Waals surface area contributed by atoms with Crippen molar-refractivity contribution in [2.24, 2.45) is 0 Å². The van der Waals surface area contributed by atoms with Gasteiger partial charge in [0, 0.05) is 0 Å². The Hall–Kier alpha value is -1.48. The van der Waals surface area contributed by atoms with E-state index in [-0.39, 0.29) is 51.0 Å². The number of aryl methyl sites for hydroxylation is 2. The average Bonchev–Trinajstić information content (AvgIpc) is 3.64. The van der Waals surface area contributed by atoms with Crippen molar-refractivity contribution in [3.63, 3.8) is 0 Å². The van der Waals surface area contributed by atoms with Crippen molar-refractivity contribution in [1.82, 2.24) is 0 Å². The Morgan fingerprint density at radius 1 is 0.568 bits per heavy atom. The minimum absolute atomic E-state index is 0. The summed E-state index contributed by atoms with van der Waals surface area (Å²) >= 11 is 3.85. The summed E-state index contributed by atoms with van der Waals surface area (Å²) < 4.78 is 0. The molecule has 0 atom stereocenters. The Balaban J connectivity index is 0.000000241. The molecule has 2 heterocycles. The van der Waals surface area contributed by atoms with E-state index in [2.05, 4.69) is 111 Å². The molecule has 0 saturated carbocycles. The van der Waals surface area contributed by atoms with Crippen molar-refractivity contribution in [3.8, 4) is 20.9 Å². The molecule has 0 nitrogen and oxygen atoms in total. The normalized spacial score (nSPS) is 10.2. The predicted octanol–water partition coefficient (Wildman–Crippen LogP) is 4.48. The first-order valence-corrected chi connectivity index (χ1v) is 13.9. The fourth-order valence-electron chi connectivity index (χ4n) is 4.41. The molecule has 0 amide bonds. The van der Waals surface area contributed by atoms with Crippen molar-refractivity contribution in [2.75, 3.05) is 0 Å². The van der Waals surface area contributed by atoms with Crippen LogP contribution in [0.15, 0.2) is 97.1 Å². The van der Waals surface area contributed by atoms with Crippen LogP contribution in [0.1, 0.15) is 36.4 Å². The summed E-state index contributed by atoms with van der Waals surface area (Å²) in [5.74, 6) is 0. The number of rotatable bonds is 6. The molecule has 5 heteroatoms. The van der Waals surface area contributed by atoms with Gasteiger partial charge in [-0.25, -0.2) is 0 Å². The summed E-state index contributed by atoms with van der Waals surface area (Å²) in [6, 6.07) is 35.3. The first kappa shape index (κ1) is 31.7. The number of hydrogen-bond acceptors (Lipinski definition) is 2. The van der Waals surface area contributed by atoms with Crippen LogP contribution in [0, 0.1) is 0 Å². The first-order valence-electron chi connectivity index (χ1n) is 12.2. The van der Waals surface area contributed by atoms with Crippen LogP contribution in [-0.4, -0.2) is 0 Å². The van der Waals surface area contributed by atoms with Crippen molar-refractivity contribution >= 4 is 44.2 Å². The summed E-state index contributed by atoms with van der Waals surface area (Å²) in [5.41, 5.74) is 2.72. The van der Waals surface area contributed by atoms with E-state index < -0.39 is 0 Å². The number of thiophene rings is 2. The largest absolute Gasteiger partial charge is 4.00 e. The fourth-order valence-corrected chi connectivity index (χ4v) is 6.61. The second kappa shape index (κ2) is 15.2. The van der Waals surface area contributed by atoms with Gasteiger partial charge >= 0.3 is 26.2 Å². The Morgan fingerprint density at radius 3 is 1.35 bits per heavy atom. The molecule has 0 aliphatic rings. The molecule has 0 spiro atoms.